The maximum absolute atomic E-state index is 5.76. The molecule has 0 amide bonds. The molecule has 0 spiro atoms. The molecule has 0 aromatic carbocycles. The standard InChI is InChI=1S/C19H38N4O2.HI/c1-3-20-19(22-14-18-8-5-6-11-23(18)4-2)21-10-7-12-24-15-17-9-13-25-16-17;/h17-18H,3-16H2,1-2H3,(H2,20,21,22);1H. The lowest BCUT2D eigenvalue weighted by Crippen LogP contribution is -2.43. The zero-order valence-corrected chi connectivity index (χ0v) is 19.0. The molecular weight excluding hydrogens is 443 g/mol. The summed E-state index contributed by atoms with van der Waals surface area (Å²) in [4.78, 5) is 7.38. The van der Waals surface area contributed by atoms with Gasteiger partial charge in [-0.05, 0) is 45.7 Å². The molecule has 2 N–H and O–H groups in total. The van der Waals surface area contributed by atoms with Crippen LogP contribution in [0.5, 0.6) is 0 Å². The van der Waals surface area contributed by atoms with Crippen molar-refractivity contribution < 1.29 is 9.47 Å². The van der Waals surface area contributed by atoms with Gasteiger partial charge in [0, 0.05) is 38.3 Å². The number of hydrogen-bond donors (Lipinski definition) is 2. The van der Waals surface area contributed by atoms with E-state index in [0.717, 1.165) is 71.4 Å². The molecule has 2 fully saturated rings. The molecule has 2 aliphatic rings. The zero-order valence-electron chi connectivity index (χ0n) is 16.7. The number of nitrogens with one attached hydrogen (secondary N) is 2. The predicted molar refractivity (Wildman–Crippen MR) is 119 cm³/mol. The van der Waals surface area contributed by atoms with Crippen LogP contribution in [-0.4, -0.2) is 76.1 Å². The molecule has 0 aromatic heterocycles. The number of halogens is 1. The summed E-state index contributed by atoms with van der Waals surface area (Å²) in [5, 5.41) is 6.79. The summed E-state index contributed by atoms with van der Waals surface area (Å²) in [6.07, 6.45) is 6.09. The largest absolute Gasteiger partial charge is 0.381 e. The third kappa shape index (κ3) is 9.19. The predicted octanol–water partition coefficient (Wildman–Crippen LogP) is 2.48. The van der Waals surface area contributed by atoms with Crippen LogP contribution in [0.1, 0.15) is 46.0 Å². The SMILES string of the molecule is CCNC(=NCC1CCCCN1CC)NCCCOCC1CCOC1.I. The van der Waals surface area contributed by atoms with Gasteiger partial charge in [0.2, 0.25) is 0 Å². The number of guanidine groups is 1. The van der Waals surface area contributed by atoms with E-state index in [4.69, 9.17) is 14.5 Å². The number of ether oxygens (including phenoxy) is 2. The van der Waals surface area contributed by atoms with Crippen molar-refractivity contribution in [3.63, 3.8) is 0 Å². The molecule has 0 aliphatic carbocycles. The van der Waals surface area contributed by atoms with Crippen LogP contribution >= 0.6 is 24.0 Å². The van der Waals surface area contributed by atoms with Crippen LogP contribution < -0.4 is 10.6 Å². The summed E-state index contributed by atoms with van der Waals surface area (Å²) in [6, 6.07) is 0.603. The first-order chi connectivity index (χ1) is 12.3. The summed E-state index contributed by atoms with van der Waals surface area (Å²) in [6.45, 7) is 12.8. The molecule has 2 heterocycles. The van der Waals surface area contributed by atoms with Crippen molar-refractivity contribution in [2.75, 3.05) is 59.2 Å². The molecule has 2 aliphatic heterocycles. The lowest BCUT2D eigenvalue weighted by molar-refractivity contribution is 0.0888. The van der Waals surface area contributed by atoms with E-state index in [1.807, 2.05) is 0 Å². The number of likely N-dealkylation sites (N-methyl/N-ethyl adjacent to an activating group) is 1. The Morgan fingerprint density at radius 2 is 2.12 bits per heavy atom. The zero-order chi connectivity index (χ0) is 17.7. The second-order valence-electron chi connectivity index (χ2n) is 7.08. The fraction of sp³-hybridized carbons (Fsp3) is 0.947. The molecule has 0 bridgehead atoms. The summed E-state index contributed by atoms with van der Waals surface area (Å²) in [5.74, 6) is 1.54. The van der Waals surface area contributed by atoms with Crippen molar-refractivity contribution in [1.82, 2.24) is 15.5 Å². The average Bonchev–Trinajstić information content (AvgIpc) is 3.16. The normalized spacial score (nSPS) is 24.3. The minimum absolute atomic E-state index is 0. The van der Waals surface area contributed by atoms with Crippen molar-refractivity contribution in [2.24, 2.45) is 10.9 Å². The van der Waals surface area contributed by atoms with Crippen molar-refractivity contribution in [3.8, 4) is 0 Å². The Kier molecular flexibility index (Phi) is 13.7. The van der Waals surface area contributed by atoms with Crippen LogP contribution in [0.15, 0.2) is 4.99 Å². The van der Waals surface area contributed by atoms with E-state index in [9.17, 15) is 0 Å². The summed E-state index contributed by atoms with van der Waals surface area (Å²) < 4.78 is 11.1. The first-order valence-corrected chi connectivity index (χ1v) is 10.2. The maximum Gasteiger partial charge on any atom is 0.191 e. The lowest BCUT2D eigenvalue weighted by Gasteiger charge is -2.33. The summed E-state index contributed by atoms with van der Waals surface area (Å²) in [7, 11) is 0. The van der Waals surface area contributed by atoms with E-state index in [2.05, 4.69) is 29.4 Å². The summed E-state index contributed by atoms with van der Waals surface area (Å²) in [5.41, 5.74) is 0. The average molecular weight is 482 g/mol. The van der Waals surface area contributed by atoms with Gasteiger partial charge < -0.3 is 20.1 Å². The van der Waals surface area contributed by atoms with Gasteiger partial charge in [0.1, 0.15) is 0 Å². The maximum atomic E-state index is 5.76. The van der Waals surface area contributed by atoms with Crippen molar-refractivity contribution in [2.45, 2.75) is 52.0 Å². The molecule has 0 saturated carbocycles. The van der Waals surface area contributed by atoms with Crippen molar-refractivity contribution in [3.05, 3.63) is 0 Å². The van der Waals surface area contributed by atoms with Gasteiger partial charge in [-0.2, -0.15) is 0 Å². The fourth-order valence-electron chi connectivity index (χ4n) is 3.57. The highest BCUT2D eigenvalue weighted by molar-refractivity contribution is 14.0. The Labute approximate surface area is 176 Å². The molecule has 0 radical (unpaired) electrons. The number of nitrogens with zero attached hydrogens (tertiary/aromatic N) is 2. The lowest BCUT2D eigenvalue weighted by atomic mass is 10.0. The molecule has 2 rings (SSSR count). The Balaban J connectivity index is 0.00000338. The van der Waals surface area contributed by atoms with Crippen molar-refractivity contribution in [1.29, 1.82) is 0 Å². The second kappa shape index (κ2) is 14.9. The van der Waals surface area contributed by atoms with Gasteiger partial charge in [-0.15, -0.1) is 24.0 Å². The number of aliphatic imine (C=N–C) groups is 1. The molecule has 7 heteroatoms. The molecule has 0 aromatic rings. The highest BCUT2D eigenvalue weighted by atomic mass is 127. The molecule has 6 nitrogen and oxygen atoms in total. The molecule has 154 valence electrons. The Bertz CT molecular complexity index is 379. The van der Waals surface area contributed by atoms with Gasteiger partial charge >= 0.3 is 0 Å². The molecular formula is C19H39IN4O2. The highest BCUT2D eigenvalue weighted by Gasteiger charge is 2.20. The van der Waals surface area contributed by atoms with Crippen LogP contribution in [0.3, 0.4) is 0 Å². The van der Waals surface area contributed by atoms with Gasteiger partial charge in [-0.25, -0.2) is 0 Å². The van der Waals surface area contributed by atoms with E-state index in [1.165, 1.54) is 25.8 Å². The van der Waals surface area contributed by atoms with Gasteiger partial charge in [0.25, 0.3) is 0 Å². The molecule has 26 heavy (non-hydrogen) atoms. The van der Waals surface area contributed by atoms with Crippen LogP contribution in [-0.2, 0) is 9.47 Å². The minimum atomic E-state index is 0. The number of likely N-dealkylation sites (tertiary alicyclic amines) is 1. The Hall–Kier alpha value is -0.120. The van der Waals surface area contributed by atoms with Crippen LogP contribution in [0.25, 0.3) is 0 Å². The number of hydrogen-bond acceptors (Lipinski definition) is 4. The minimum Gasteiger partial charge on any atom is -0.381 e. The van der Waals surface area contributed by atoms with Crippen molar-refractivity contribution >= 4 is 29.9 Å². The van der Waals surface area contributed by atoms with Gasteiger partial charge in [0.15, 0.2) is 5.96 Å². The van der Waals surface area contributed by atoms with E-state index in [1.54, 1.807) is 0 Å². The third-order valence-electron chi connectivity index (χ3n) is 5.10. The van der Waals surface area contributed by atoms with E-state index < -0.39 is 0 Å². The van der Waals surface area contributed by atoms with Gasteiger partial charge in [-0.1, -0.05) is 13.3 Å². The van der Waals surface area contributed by atoms with Crippen LogP contribution in [0.4, 0.5) is 0 Å². The quantitative estimate of drug-likeness (QED) is 0.217. The Morgan fingerprint density at radius 3 is 2.85 bits per heavy atom. The monoisotopic (exact) mass is 482 g/mol. The summed E-state index contributed by atoms with van der Waals surface area (Å²) >= 11 is 0. The van der Waals surface area contributed by atoms with E-state index >= 15 is 0 Å². The van der Waals surface area contributed by atoms with Crippen LogP contribution in [0, 0.1) is 5.92 Å². The number of rotatable bonds is 10. The first-order valence-electron chi connectivity index (χ1n) is 10.2. The third-order valence-corrected chi connectivity index (χ3v) is 5.10. The van der Waals surface area contributed by atoms with Gasteiger partial charge in [0.05, 0.1) is 19.8 Å². The van der Waals surface area contributed by atoms with E-state index in [0.29, 0.717) is 12.0 Å². The molecule has 2 atom stereocenters. The smallest absolute Gasteiger partial charge is 0.191 e. The topological polar surface area (TPSA) is 58.1 Å². The molecule has 2 saturated heterocycles. The van der Waals surface area contributed by atoms with E-state index in [-0.39, 0.29) is 24.0 Å². The van der Waals surface area contributed by atoms with Crippen LogP contribution in [0.2, 0.25) is 0 Å². The van der Waals surface area contributed by atoms with Gasteiger partial charge in [-0.3, -0.25) is 9.89 Å². The Morgan fingerprint density at radius 1 is 1.23 bits per heavy atom. The fourth-order valence-corrected chi connectivity index (χ4v) is 3.57. The highest BCUT2D eigenvalue weighted by Crippen LogP contribution is 2.16. The molecule has 2 unspecified atom stereocenters. The first kappa shape index (κ1) is 23.9. The number of piperidine rings is 1. The second-order valence-corrected chi connectivity index (χ2v) is 7.08.